The number of nitrogens with zero attached hydrogens (tertiary/aromatic N) is 2. The predicted molar refractivity (Wildman–Crippen MR) is 141 cm³/mol. The molecular formula is C27H30N4O4S. The van der Waals surface area contributed by atoms with E-state index in [4.69, 9.17) is 0 Å². The highest BCUT2D eigenvalue weighted by Gasteiger charge is 2.24. The topological polar surface area (TPSA) is 98.8 Å². The molecule has 0 saturated carbocycles. The molecule has 0 radical (unpaired) electrons. The second-order valence-electron chi connectivity index (χ2n) is 8.67. The molecule has 1 aliphatic rings. The molecule has 9 heteroatoms. The number of hydrogen-bond acceptors (Lipinski definition) is 5. The molecule has 3 aromatic carbocycles. The third-order valence-electron chi connectivity index (χ3n) is 6.10. The Labute approximate surface area is 212 Å². The zero-order valence-electron chi connectivity index (χ0n) is 20.2. The molecule has 1 aliphatic heterocycles. The van der Waals surface area contributed by atoms with Crippen LogP contribution in [0.4, 0.5) is 11.4 Å². The van der Waals surface area contributed by atoms with E-state index in [0.29, 0.717) is 24.3 Å². The summed E-state index contributed by atoms with van der Waals surface area (Å²) in [5.74, 6) is -0.519. The summed E-state index contributed by atoms with van der Waals surface area (Å²) in [4.78, 5) is 30.0. The molecule has 0 aromatic heterocycles. The molecular weight excluding hydrogens is 476 g/mol. The maximum atomic E-state index is 13.2. The van der Waals surface area contributed by atoms with Gasteiger partial charge in [0.05, 0.1) is 16.1 Å². The van der Waals surface area contributed by atoms with Crippen molar-refractivity contribution in [2.75, 3.05) is 42.9 Å². The van der Waals surface area contributed by atoms with Gasteiger partial charge in [-0.15, -0.1) is 0 Å². The van der Waals surface area contributed by atoms with Crippen molar-refractivity contribution in [1.82, 2.24) is 9.62 Å². The summed E-state index contributed by atoms with van der Waals surface area (Å²) >= 11 is 0. The summed E-state index contributed by atoms with van der Waals surface area (Å²) in [6.45, 7) is 4.44. The predicted octanol–water partition coefficient (Wildman–Crippen LogP) is 3.26. The molecule has 36 heavy (non-hydrogen) atoms. The van der Waals surface area contributed by atoms with Crippen LogP contribution < -0.4 is 14.9 Å². The summed E-state index contributed by atoms with van der Waals surface area (Å²) in [5, 5.41) is 2.77. The highest BCUT2D eigenvalue weighted by Crippen LogP contribution is 2.21. The fraction of sp³-hybridized carbons (Fsp3) is 0.259. The quantitative estimate of drug-likeness (QED) is 0.489. The molecule has 0 spiro atoms. The van der Waals surface area contributed by atoms with Gasteiger partial charge in [0.15, 0.2) is 0 Å². The normalized spacial score (nSPS) is 13.9. The van der Waals surface area contributed by atoms with E-state index in [-0.39, 0.29) is 29.7 Å². The SMILES string of the molecule is Cc1ccc(S(=O)(=O)NCCC(=O)Nc2ccccc2C(=O)N2CCN(c3ccccc3)CC2)cc1. The minimum Gasteiger partial charge on any atom is -0.368 e. The molecule has 0 aliphatic carbocycles. The van der Waals surface area contributed by atoms with E-state index in [2.05, 4.69) is 27.1 Å². The smallest absolute Gasteiger partial charge is 0.256 e. The van der Waals surface area contributed by atoms with Gasteiger partial charge in [-0.25, -0.2) is 13.1 Å². The van der Waals surface area contributed by atoms with Gasteiger partial charge < -0.3 is 15.1 Å². The Hall–Kier alpha value is -3.69. The van der Waals surface area contributed by atoms with E-state index in [1.54, 1.807) is 41.3 Å². The summed E-state index contributed by atoms with van der Waals surface area (Å²) in [6.07, 6.45) is -0.0661. The molecule has 0 bridgehead atoms. The molecule has 188 valence electrons. The first-order valence-corrected chi connectivity index (χ1v) is 13.4. The number of rotatable bonds is 8. The number of amides is 2. The van der Waals surface area contributed by atoms with Crippen LogP contribution in [-0.2, 0) is 14.8 Å². The molecule has 2 N–H and O–H groups in total. The minimum atomic E-state index is -3.70. The number of piperazine rings is 1. The third kappa shape index (κ3) is 6.30. The Balaban J connectivity index is 1.32. The molecule has 0 unspecified atom stereocenters. The average molecular weight is 507 g/mol. The molecule has 1 saturated heterocycles. The van der Waals surface area contributed by atoms with Gasteiger partial charge in [-0.3, -0.25) is 9.59 Å². The number of aryl methyl sites for hydroxylation is 1. The van der Waals surface area contributed by atoms with Crippen LogP contribution in [0.1, 0.15) is 22.3 Å². The van der Waals surface area contributed by atoms with E-state index in [0.717, 1.165) is 24.3 Å². The van der Waals surface area contributed by atoms with Gasteiger partial charge in [-0.1, -0.05) is 48.0 Å². The van der Waals surface area contributed by atoms with E-state index < -0.39 is 10.0 Å². The zero-order chi connectivity index (χ0) is 25.5. The van der Waals surface area contributed by atoms with Crippen molar-refractivity contribution in [2.45, 2.75) is 18.2 Å². The maximum Gasteiger partial charge on any atom is 0.256 e. The van der Waals surface area contributed by atoms with Crippen LogP contribution in [0.3, 0.4) is 0 Å². The Morgan fingerprint density at radius 2 is 1.47 bits per heavy atom. The van der Waals surface area contributed by atoms with Crippen LogP contribution in [0.2, 0.25) is 0 Å². The molecule has 1 fully saturated rings. The van der Waals surface area contributed by atoms with Gasteiger partial charge in [0.2, 0.25) is 15.9 Å². The second-order valence-corrected chi connectivity index (χ2v) is 10.4. The van der Waals surface area contributed by atoms with Crippen LogP contribution in [0.25, 0.3) is 0 Å². The van der Waals surface area contributed by atoms with Crippen molar-refractivity contribution in [1.29, 1.82) is 0 Å². The Kier molecular flexibility index (Phi) is 8.02. The van der Waals surface area contributed by atoms with Gasteiger partial charge in [0.1, 0.15) is 0 Å². The van der Waals surface area contributed by atoms with Gasteiger partial charge in [-0.05, 0) is 43.3 Å². The van der Waals surface area contributed by atoms with E-state index in [1.165, 1.54) is 12.1 Å². The summed E-state index contributed by atoms with van der Waals surface area (Å²) < 4.78 is 27.3. The van der Waals surface area contributed by atoms with Crippen LogP contribution in [-0.4, -0.2) is 57.9 Å². The lowest BCUT2D eigenvalue weighted by molar-refractivity contribution is -0.116. The Bertz CT molecular complexity index is 1300. The maximum absolute atomic E-state index is 13.2. The lowest BCUT2D eigenvalue weighted by Gasteiger charge is -2.36. The zero-order valence-corrected chi connectivity index (χ0v) is 21.0. The fourth-order valence-corrected chi connectivity index (χ4v) is 5.10. The number of carbonyl (C=O) groups is 2. The van der Waals surface area contributed by atoms with Crippen LogP contribution in [0.15, 0.2) is 83.8 Å². The molecule has 1 heterocycles. The van der Waals surface area contributed by atoms with Gasteiger partial charge in [-0.2, -0.15) is 0 Å². The van der Waals surface area contributed by atoms with Crippen molar-refractivity contribution >= 4 is 33.2 Å². The highest BCUT2D eigenvalue weighted by molar-refractivity contribution is 7.89. The van der Waals surface area contributed by atoms with Gasteiger partial charge >= 0.3 is 0 Å². The first kappa shape index (κ1) is 25.4. The minimum absolute atomic E-state index is 0.0560. The number of para-hydroxylation sites is 2. The first-order valence-electron chi connectivity index (χ1n) is 11.9. The van der Waals surface area contributed by atoms with Gasteiger partial charge in [0.25, 0.3) is 5.91 Å². The largest absolute Gasteiger partial charge is 0.368 e. The van der Waals surface area contributed by atoms with Crippen molar-refractivity contribution in [3.8, 4) is 0 Å². The second kappa shape index (κ2) is 11.4. The number of anilines is 2. The molecule has 0 atom stereocenters. The number of sulfonamides is 1. The van der Waals surface area contributed by atoms with Gasteiger partial charge in [0, 0.05) is 44.8 Å². The van der Waals surface area contributed by atoms with Crippen molar-refractivity contribution in [2.24, 2.45) is 0 Å². The lowest BCUT2D eigenvalue weighted by atomic mass is 10.1. The Morgan fingerprint density at radius 3 is 2.17 bits per heavy atom. The van der Waals surface area contributed by atoms with Crippen LogP contribution in [0.5, 0.6) is 0 Å². The van der Waals surface area contributed by atoms with E-state index in [9.17, 15) is 18.0 Å². The fourth-order valence-electron chi connectivity index (χ4n) is 4.07. The number of nitrogens with one attached hydrogen (secondary N) is 2. The van der Waals surface area contributed by atoms with Crippen molar-refractivity contribution in [3.05, 3.63) is 90.0 Å². The lowest BCUT2D eigenvalue weighted by Crippen LogP contribution is -2.48. The monoisotopic (exact) mass is 506 g/mol. The summed E-state index contributed by atoms with van der Waals surface area (Å²) in [7, 11) is -3.70. The highest BCUT2D eigenvalue weighted by atomic mass is 32.2. The van der Waals surface area contributed by atoms with Crippen LogP contribution >= 0.6 is 0 Å². The number of benzene rings is 3. The summed E-state index contributed by atoms with van der Waals surface area (Å²) in [6, 6.07) is 23.5. The average Bonchev–Trinajstić information content (AvgIpc) is 2.89. The molecule has 2 amide bonds. The van der Waals surface area contributed by atoms with Crippen molar-refractivity contribution < 1.29 is 18.0 Å². The molecule has 3 aromatic rings. The van der Waals surface area contributed by atoms with E-state index in [1.807, 2.05) is 25.1 Å². The third-order valence-corrected chi connectivity index (χ3v) is 7.57. The number of hydrogen-bond donors (Lipinski definition) is 2. The number of carbonyl (C=O) groups excluding carboxylic acids is 2. The van der Waals surface area contributed by atoms with Crippen molar-refractivity contribution in [3.63, 3.8) is 0 Å². The van der Waals surface area contributed by atoms with E-state index >= 15 is 0 Å². The Morgan fingerprint density at radius 1 is 0.833 bits per heavy atom. The standard InChI is InChI=1S/C27H30N4O4S/c1-21-11-13-23(14-12-21)36(34,35)28-16-15-26(32)29-25-10-6-5-9-24(25)27(33)31-19-17-30(18-20-31)22-7-3-2-4-8-22/h2-14,28H,15-20H2,1H3,(H,29,32). The first-order chi connectivity index (χ1) is 17.3. The molecule has 4 rings (SSSR count). The summed E-state index contributed by atoms with van der Waals surface area (Å²) in [5.41, 5.74) is 2.92. The molecule has 8 nitrogen and oxygen atoms in total. The van der Waals surface area contributed by atoms with Crippen LogP contribution in [0, 0.1) is 6.92 Å².